The average molecular weight is 278 g/mol. The Bertz CT molecular complexity index is 442. The van der Waals surface area contributed by atoms with Gasteiger partial charge in [0, 0.05) is 17.7 Å². The molecule has 1 aromatic heterocycles. The molecule has 5 nitrogen and oxygen atoms in total. The Hall–Kier alpha value is -0.500. The number of aliphatic hydroxyl groups excluding tert-OH is 1. The molecule has 0 aliphatic heterocycles. The molecule has 0 radical (unpaired) electrons. The van der Waals surface area contributed by atoms with Crippen molar-refractivity contribution in [1.82, 2.24) is 9.71 Å². The quantitative estimate of drug-likeness (QED) is 0.782. The zero-order valence-corrected chi connectivity index (χ0v) is 11.6. The third kappa shape index (κ3) is 4.71. The Morgan fingerprint density at radius 2 is 2.29 bits per heavy atom. The second kappa shape index (κ2) is 6.44. The number of aliphatic hydroxyl groups is 1. The Labute approximate surface area is 106 Å². The van der Waals surface area contributed by atoms with Gasteiger partial charge in [0.1, 0.15) is 5.01 Å². The fraction of sp³-hybridized carbons (Fsp3) is 0.700. The number of aryl methyl sites for hydroxylation is 1. The summed E-state index contributed by atoms with van der Waals surface area (Å²) in [6.07, 6.45) is 2.93. The third-order valence-electron chi connectivity index (χ3n) is 2.22. The summed E-state index contributed by atoms with van der Waals surface area (Å²) < 4.78 is 25.8. The highest BCUT2D eigenvalue weighted by molar-refractivity contribution is 7.89. The Morgan fingerprint density at radius 1 is 1.59 bits per heavy atom. The number of nitrogens with zero attached hydrogens (tertiary/aromatic N) is 1. The fourth-order valence-corrected chi connectivity index (χ4v) is 3.53. The van der Waals surface area contributed by atoms with Gasteiger partial charge in [-0.1, -0.05) is 6.92 Å². The van der Waals surface area contributed by atoms with Crippen molar-refractivity contribution in [2.45, 2.75) is 32.7 Å². The van der Waals surface area contributed by atoms with Crippen molar-refractivity contribution in [3.05, 3.63) is 16.1 Å². The Morgan fingerprint density at radius 3 is 2.82 bits per heavy atom. The van der Waals surface area contributed by atoms with Crippen molar-refractivity contribution >= 4 is 21.4 Å². The fourth-order valence-electron chi connectivity index (χ4n) is 1.32. The van der Waals surface area contributed by atoms with E-state index in [0.29, 0.717) is 0 Å². The summed E-state index contributed by atoms with van der Waals surface area (Å²) in [5.41, 5.74) is 0. The van der Waals surface area contributed by atoms with Crippen LogP contribution in [-0.4, -0.2) is 30.9 Å². The summed E-state index contributed by atoms with van der Waals surface area (Å²) in [6.45, 7) is 3.69. The molecule has 1 unspecified atom stereocenters. The topological polar surface area (TPSA) is 79.3 Å². The molecule has 0 amide bonds. The van der Waals surface area contributed by atoms with E-state index in [1.165, 1.54) is 11.3 Å². The molecular formula is C10H18N2O3S2. The van der Waals surface area contributed by atoms with Crippen LogP contribution in [0.3, 0.4) is 0 Å². The molecule has 0 aliphatic rings. The summed E-state index contributed by atoms with van der Waals surface area (Å²) in [5.74, 6) is -0.0557. The maximum atomic E-state index is 11.6. The number of nitrogens with one attached hydrogen (secondary N) is 1. The minimum absolute atomic E-state index is 0.0557. The van der Waals surface area contributed by atoms with E-state index >= 15 is 0 Å². The lowest BCUT2D eigenvalue weighted by Crippen LogP contribution is -2.29. The molecule has 98 valence electrons. The van der Waals surface area contributed by atoms with Crippen LogP contribution in [0.15, 0.2) is 6.20 Å². The number of hydrogen-bond acceptors (Lipinski definition) is 5. The normalized spacial score (nSPS) is 13.8. The predicted molar refractivity (Wildman–Crippen MR) is 68.5 cm³/mol. The first-order valence-corrected chi connectivity index (χ1v) is 8.01. The summed E-state index contributed by atoms with van der Waals surface area (Å²) in [4.78, 5) is 5.33. The molecule has 0 saturated heterocycles. The van der Waals surface area contributed by atoms with E-state index in [9.17, 15) is 8.42 Å². The van der Waals surface area contributed by atoms with Gasteiger partial charge in [-0.05, 0) is 19.8 Å². The van der Waals surface area contributed by atoms with Crippen molar-refractivity contribution in [2.75, 3.05) is 12.4 Å². The van der Waals surface area contributed by atoms with Crippen molar-refractivity contribution in [3.63, 3.8) is 0 Å². The molecule has 0 spiro atoms. The predicted octanol–water partition coefficient (Wildman–Crippen LogP) is 1.07. The average Bonchev–Trinajstić information content (AvgIpc) is 2.74. The molecule has 1 aromatic rings. The summed E-state index contributed by atoms with van der Waals surface area (Å²) in [6, 6.07) is -0.316. The van der Waals surface area contributed by atoms with Crippen LogP contribution >= 0.6 is 11.3 Å². The molecule has 1 atom stereocenters. The SMILES string of the molecule is CCc1cnc(C(C)NS(=O)(=O)CCCO)s1. The summed E-state index contributed by atoms with van der Waals surface area (Å²) in [7, 11) is -3.33. The highest BCUT2D eigenvalue weighted by Gasteiger charge is 2.17. The standard InChI is InChI=1S/C10H18N2O3S2/c1-3-9-7-11-10(16-9)8(2)12-17(14,15)6-4-5-13/h7-8,12-13H,3-6H2,1-2H3. The summed E-state index contributed by atoms with van der Waals surface area (Å²) in [5, 5.41) is 9.39. The minimum Gasteiger partial charge on any atom is -0.396 e. The van der Waals surface area contributed by atoms with Gasteiger partial charge in [0.15, 0.2) is 0 Å². The summed E-state index contributed by atoms with van der Waals surface area (Å²) >= 11 is 1.52. The highest BCUT2D eigenvalue weighted by Crippen LogP contribution is 2.20. The smallest absolute Gasteiger partial charge is 0.212 e. The van der Waals surface area contributed by atoms with Crippen LogP contribution in [0.2, 0.25) is 0 Å². The molecule has 17 heavy (non-hydrogen) atoms. The molecule has 0 aliphatic carbocycles. The lowest BCUT2D eigenvalue weighted by Gasteiger charge is -2.11. The molecule has 0 aromatic carbocycles. The van der Waals surface area contributed by atoms with E-state index in [1.54, 1.807) is 13.1 Å². The van der Waals surface area contributed by atoms with Crippen LogP contribution in [0.25, 0.3) is 0 Å². The van der Waals surface area contributed by atoms with Gasteiger partial charge >= 0.3 is 0 Å². The number of hydrogen-bond donors (Lipinski definition) is 2. The van der Waals surface area contributed by atoms with Crippen LogP contribution in [0, 0.1) is 0 Å². The van der Waals surface area contributed by atoms with Crippen molar-refractivity contribution in [1.29, 1.82) is 0 Å². The van der Waals surface area contributed by atoms with Gasteiger partial charge in [-0.15, -0.1) is 11.3 Å². The largest absolute Gasteiger partial charge is 0.396 e. The van der Waals surface area contributed by atoms with E-state index in [4.69, 9.17) is 5.11 Å². The molecule has 0 bridgehead atoms. The van der Waals surface area contributed by atoms with E-state index in [0.717, 1.165) is 16.3 Å². The first kappa shape index (κ1) is 14.6. The van der Waals surface area contributed by atoms with Gasteiger partial charge < -0.3 is 5.11 Å². The molecule has 7 heteroatoms. The zero-order valence-electron chi connectivity index (χ0n) is 10.0. The third-order valence-corrected chi connectivity index (χ3v) is 5.08. The second-order valence-corrected chi connectivity index (χ2v) is 6.77. The first-order valence-electron chi connectivity index (χ1n) is 5.54. The van der Waals surface area contributed by atoms with Crippen molar-refractivity contribution in [2.24, 2.45) is 0 Å². The van der Waals surface area contributed by atoms with Crippen LogP contribution in [0.5, 0.6) is 0 Å². The van der Waals surface area contributed by atoms with Gasteiger partial charge in [0.2, 0.25) is 10.0 Å². The van der Waals surface area contributed by atoms with E-state index < -0.39 is 10.0 Å². The molecule has 0 fully saturated rings. The van der Waals surface area contributed by atoms with Gasteiger partial charge in [-0.2, -0.15) is 0 Å². The van der Waals surface area contributed by atoms with Crippen molar-refractivity contribution in [3.8, 4) is 0 Å². The molecule has 1 rings (SSSR count). The maximum absolute atomic E-state index is 11.6. The number of rotatable bonds is 7. The Kier molecular flexibility index (Phi) is 5.51. The minimum atomic E-state index is -3.33. The maximum Gasteiger partial charge on any atom is 0.212 e. The molecule has 0 saturated carbocycles. The van der Waals surface area contributed by atoms with Crippen LogP contribution in [0.4, 0.5) is 0 Å². The van der Waals surface area contributed by atoms with Gasteiger partial charge in [0.25, 0.3) is 0 Å². The number of thiazole rings is 1. The van der Waals surface area contributed by atoms with Crippen molar-refractivity contribution < 1.29 is 13.5 Å². The zero-order chi connectivity index (χ0) is 12.9. The van der Waals surface area contributed by atoms with Gasteiger partial charge in [-0.3, -0.25) is 0 Å². The lowest BCUT2D eigenvalue weighted by molar-refractivity contribution is 0.295. The molecule has 1 heterocycles. The van der Waals surface area contributed by atoms with Gasteiger partial charge in [-0.25, -0.2) is 18.1 Å². The molecular weight excluding hydrogens is 260 g/mol. The lowest BCUT2D eigenvalue weighted by atomic mass is 10.4. The molecule has 2 N–H and O–H groups in total. The first-order chi connectivity index (χ1) is 7.98. The van der Waals surface area contributed by atoms with E-state index in [1.807, 2.05) is 6.92 Å². The Balaban J connectivity index is 2.62. The van der Waals surface area contributed by atoms with Gasteiger partial charge in [0.05, 0.1) is 11.8 Å². The van der Waals surface area contributed by atoms with E-state index in [-0.39, 0.29) is 24.8 Å². The number of sulfonamides is 1. The van der Waals surface area contributed by atoms with Crippen LogP contribution in [0.1, 0.15) is 36.2 Å². The highest BCUT2D eigenvalue weighted by atomic mass is 32.2. The van der Waals surface area contributed by atoms with E-state index in [2.05, 4.69) is 9.71 Å². The second-order valence-electron chi connectivity index (χ2n) is 3.75. The van der Waals surface area contributed by atoms with Crippen LogP contribution < -0.4 is 4.72 Å². The van der Waals surface area contributed by atoms with Crippen LogP contribution in [-0.2, 0) is 16.4 Å². The monoisotopic (exact) mass is 278 g/mol. The number of aromatic nitrogens is 1.